The van der Waals surface area contributed by atoms with E-state index in [0.717, 1.165) is 19.3 Å². The molecule has 1 aliphatic rings. The van der Waals surface area contributed by atoms with E-state index in [4.69, 9.17) is 10.5 Å². The Morgan fingerprint density at radius 1 is 1.25 bits per heavy atom. The van der Waals surface area contributed by atoms with Gasteiger partial charge in [0.1, 0.15) is 0 Å². The van der Waals surface area contributed by atoms with Gasteiger partial charge < -0.3 is 20.7 Å². The zero-order chi connectivity index (χ0) is 17.2. The van der Waals surface area contributed by atoms with E-state index in [2.05, 4.69) is 10.2 Å². The molecule has 1 rings (SSSR count). The van der Waals surface area contributed by atoms with Gasteiger partial charge in [0.15, 0.2) is 0 Å². The first kappa shape index (κ1) is 23.1. The van der Waals surface area contributed by atoms with Crippen LogP contribution in [0.1, 0.15) is 33.1 Å². The number of amides is 2. The molecule has 2 amide bonds. The molecule has 3 N–H and O–H groups in total. The van der Waals surface area contributed by atoms with Gasteiger partial charge in [0.05, 0.1) is 12.1 Å². The number of halogens is 1. The second-order valence-corrected chi connectivity index (χ2v) is 6.07. The van der Waals surface area contributed by atoms with Gasteiger partial charge >= 0.3 is 0 Å². The smallest absolute Gasteiger partial charge is 0.239 e. The molecule has 2 atom stereocenters. The van der Waals surface area contributed by atoms with E-state index in [1.54, 1.807) is 7.11 Å². The summed E-state index contributed by atoms with van der Waals surface area (Å²) in [6.45, 7) is 7.89. The highest BCUT2D eigenvalue weighted by molar-refractivity contribution is 5.85. The molecule has 24 heavy (non-hydrogen) atoms. The van der Waals surface area contributed by atoms with Crippen LogP contribution < -0.4 is 11.1 Å². The minimum Gasteiger partial charge on any atom is -0.385 e. The molecule has 142 valence electrons. The summed E-state index contributed by atoms with van der Waals surface area (Å²) in [6.07, 6.45) is 2.44. The molecule has 8 heteroatoms. The van der Waals surface area contributed by atoms with Crippen molar-refractivity contribution in [2.24, 2.45) is 5.73 Å². The van der Waals surface area contributed by atoms with Crippen LogP contribution in [-0.4, -0.2) is 80.1 Å². The Morgan fingerprint density at radius 2 is 1.88 bits per heavy atom. The fourth-order valence-corrected chi connectivity index (χ4v) is 2.74. The fraction of sp³-hybridized carbons (Fsp3) is 0.875. The second-order valence-electron chi connectivity index (χ2n) is 6.07. The summed E-state index contributed by atoms with van der Waals surface area (Å²) >= 11 is 0. The van der Waals surface area contributed by atoms with Crippen LogP contribution in [0, 0.1) is 0 Å². The van der Waals surface area contributed by atoms with Gasteiger partial charge in [0.25, 0.3) is 0 Å². The Kier molecular flexibility index (Phi) is 12.0. The summed E-state index contributed by atoms with van der Waals surface area (Å²) in [7, 11) is 1.65. The van der Waals surface area contributed by atoms with Crippen molar-refractivity contribution >= 4 is 24.2 Å². The Morgan fingerprint density at radius 3 is 2.42 bits per heavy atom. The summed E-state index contributed by atoms with van der Waals surface area (Å²) in [5.41, 5.74) is 5.90. The Balaban J connectivity index is 0.00000529. The van der Waals surface area contributed by atoms with Crippen LogP contribution in [0.2, 0.25) is 0 Å². The number of hydrogen-bond acceptors (Lipinski definition) is 5. The SMILES string of the molecule is CCCC(N)C(=O)N1CCN(C(C)C(=O)NCCCOC)CC1.Cl. The van der Waals surface area contributed by atoms with Gasteiger partial charge in [0.2, 0.25) is 11.8 Å². The first-order valence-corrected chi connectivity index (χ1v) is 8.56. The van der Waals surface area contributed by atoms with Gasteiger partial charge in [0, 0.05) is 46.4 Å². The third-order valence-corrected chi connectivity index (χ3v) is 4.29. The van der Waals surface area contributed by atoms with Crippen molar-refractivity contribution in [2.45, 2.75) is 45.2 Å². The van der Waals surface area contributed by atoms with Crippen LogP contribution in [-0.2, 0) is 14.3 Å². The molecule has 1 saturated heterocycles. The van der Waals surface area contributed by atoms with Crippen LogP contribution in [0.3, 0.4) is 0 Å². The molecule has 2 unspecified atom stereocenters. The minimum atomic E-state index is -0.395. The largest absolute Gasteiger partial charge is 0.385 e. The van der Waals surface area contributed by atoms with Crippen LogP contribution >= 0.6 is 12.4 Å². The van der Waals surface area contributed by atoms with Crippen LogP contribution in [0.5, 0.6) is 0 Å². The van der Waals surface area contributed by atoms with Crippen LogP contribution in [0.4, 0.5) is 0 Å². The van der Waals surface area contributed by atoms with Crippen molar-refractivity contribution in [3.8, 4) is 0 Å². The van der Waals surface area contributed by atoms with Gasteiger partial charge in [-0.3, -0.25) is 14.5 Å². The number of carbonyl (C=O) groups is 2. The summed E-state index contributed by atoms with van der Waals surface area (Å²) in [4.78, 5) is 28.2. The molecule has 0 aliphatic carbocycles. The molecule has 1 aliphatic heterocycles. The Labute approximate surface area is 151 Å². The fourth-order valence-electron chi connectivity index (χ4n) is 2.74. The number of methoxy groups -OCH3 is 1. The van der Waals surface area contributed by atoms with E-state index in [1.807, 2.05) is 18.7 Å². The number of hydrogen-bond donors (Lipinski definition) is 2. The maximum absolute atomic E-state index is 12.2. The molecular formula is C16H33ClN4O3. The highest BCUT2D eigenvalue weighted by atomic mass is 35.5. The highest BCUT2D eigenvalue weighted by Crippen LogP contribution is 2.09. The van der Waals surface area contributed by atoms with Crippen molar-refractivity contribution in [3.05, 3.63) is 0 Å². The lowest BCUT2D eigenvalue weighted by Crippen LogP contribution is -2.57. The normalized spacial score (nSPS) is 17.8. The Bertz CT molecular complexity index is 376. The van der Waals surface area contributed by atoms with Gasteiger partial charge in [-0.1, -0.05) is 13.3 Å². The van der Waals surface area contributed by atoms with Gasteiger partial charge in [-0.25, -0.2) is 0 Å². The predicted octanol–water partition coefficient (Wildman–Crippen LogP) is 0.221. The summed E-state index contributed by atoms with van der Waals surface area (Å²) < 4.78 is 4.96. The predicted molar refractivity (Wildman–Crippen MR) is 97.2 cm³/mol. The lowest BCUT2D eigenvalue weighted by molar-refractivity contribution is -0.135. The first-order chi connectivity index (χ1) is 11.0. The quantitative estimate of drug-likeness (QED) is 0.571. The van der Waals surface area contributed by atoms with Gasteiger partial charge in [-0.15, -0.1) is 12.4 Å². The third-order valence-electron chi connectivity index (χ3n) is 4.29. The lowest BCUT2D eigenvalue weighted by atomic mass is 10.1. The summed E-state index contributed by atoms with van der Waals surface area (Å²) in [6, 6.07) is -0.577. The van der Waals surface area contributed by atoms with Crippen molar-refractivity contribution in [1.82, 2.24) is 15.1 Å². The molecule has 0 radical (unpaired) electrons. The lowest BCUT2D eigenvalue weighted by Gasteiger charge is -2.38. The van der Waals surface area contributed by atoms with E-state index in [9.17, 15) is 9.59 Å². The molecule has 7 nitrogen and oxygen atoms in total. The molecule has 0 aromatic rings. The maximum atomic E-state index is 12.2. The standard InChI is InChI=1S/C16H32N4O3.ClH/c1-4-6-14(17)16(22)20-10-8-19(9-11-20)13(2)15(21)18-7-5-12-23-3;/h13-14H,4-12,17H2,1-3H3,(H,18,21);1H. The molecular weight excluding hydrogens is 332 g/mol. The zero-order valence-corrected chi connectivity index (χ0v) is 15.9. The third kappa shape index (κ3) is 7.34. The zero-order valence-electron chi connectivity index (χ0n) is 15.1. The molecule has 0 saturated carbocycles. The number of nitrogens with two attached hydrogens (primary N) is 1. The Hall–Kier alpha value is -0.890. The number of carbonyl (C=O) groups excluding carboxylic acids is 2. The van der Waals surface area contributed by atoms with E-state index in [0.29, 0.717) is 39.3 Å². The molecule has 0 spiro atoms. The number of piperazine rings is 1. The second kappa shape index (κ2) is 12.5. The number of nitrogens with zero attached hydrogens (tertiary/aromatic N) is 2. The summed E-state index contributed by atoms with van der Waals surface area (Å²) in [5, 5.41) is 2.92. The van der Waals surface area contributed by atoms with E-state index < -0.39 is 6.04 Å². The molecule has 1 heterocycles. The summed E-state index contributed by atoms with van der Waals surface area (Å²) in [5.74, 6) is 0.0618. The number of rotatable bonds is 9. The molecule has 1 fully saturated rings. The van der Waals surface area contributed by atoms with Crippen LogP contribution in [0.15, 0.2) is 0 Å². The molecule has 0 aromatic carbocycles. The minimum absolute atomic E-state index is 0. The van der Waals surface area contributed by atoms with Gasteiger partial charge in [-0.05, 0) is 19.8 Å². The van der Waals surface area contributed by atoms with Gasteiger partial charge in [-0.2, -0.15) is 0 Å². The monoisotopic (exact) mass is 364 g/mol. The topological polar surface area (TPSA) is 87.9 Å². The van der Waals surface area contributed by atoms with Crippen molar-refractivity contribution in [1.29, 1.82) is 0 Å². The van der Waals surface area contributed by atoms with Crippen molar-refractivity contribution < 1.29 is 14.3 Å². The first-order valence-electron chi connectivity index (χ1n) is 8.56. The highest BCUT2D eigenvalue weighted by Gasteiger charge is 2.28. The maximum Gasteiger partial charge on any atom is 0.239 e. The average Bonchev–Trinajstić information content (AvgIpc) is 2.57. The van der Waals surface area contributed by atoms with Crippen molar-refractivity contribution in [3.63, 3.8) is 0 Å². The van der Waals surface area contributed by atoms with Crippen LogP contribution in [0.25, 0.3) is 0 Å². The number of nitrogens with one attached hydrogen (secondary N) is 1. The number of ether oxygens (including phenoxy) is 1. The van der Waals surface area contributed by atoms with E-state index in [-0.39, 0.29) is 30.3 Å². The molecule has 0 bridgehead atoms. The van der Waals surface area contributed by atoms with Crippen molar-refractivity contribution in [2.75, 3.05) is 46.4 Å². The molecule has 0 aromatic heterocycles. The van der Waals surface area contributed by atoms with E-state index in [1.165, 1.54) is 0 Å². The average molecular weight is 365 g/mol. The van der Waals surface area contributed by atoms with E-state index >= 15 is 0 Å².